The van der Waals surface area contributed by atoms with Crippen LogP contribution in [0, 0.1) is 0 Å². The summed E-state index contributed by atoms with van der Waals surface area (Å²) in [6.07, 6.45) is 0.726. The van der Waals surface area contributed by atoms with Gasteiger partial charge in [-0.05, 0) is 49.4 Å². The summed E-state index contributed by atoms with van der Waals surface area (Å²) in [6.45, 7) is 7.49. The second-order valence-corrected chi connectivity index (χ2v) is 9.49. The number of hydrogen-bond acceptors (Lipinski definition) is 5. The summed E-state index contributed by atoms with van der Waals surface area (Å²) < 4.78 is 12.0. The number of halogens is 1. The van der Waals surface area contributed by atoms with Crippen LogP contribution in [-0.4, -0.2) is 49.9 Å². The average Bonchev–Trinajstić information content (AvgIpc) is 3.41. The molecule has 1 aliphatic rings. The van der Waals surface area contributed by atoms with Gasteiger partial charge in [-0.25, -0.2) is 0 Å². The van der Waals surface area contributed by atoms with Crippen LogP contribution in [0.1, 0.15) is 42.4 Å². The number of hydrogen-bond donors (Lipinski definition) is 1. The molecule has 3 aromatic rings. The van der Waals surface area contributed by atoms with E-state index in [1.54, 1.807) is 24.3 Å². The molecule has 1 atom stereocenters. The Kier molecular flexibility index (Phi) is 7.62. The Morgan fingerprint density at radius 1 is 1.17 bits per heavy atom. The molecular formula is C27H29BrN2O5. The molecule has 0 spiro atoms. The van der Waals surface area contributed by atoms with Gasteiger partial charge in [-0.2, -0.15) is 0 Å². The quantitative estimate of drug-likeness (QED) is 0.399. The number of benzene rings is 2. The Morgan fingerprint density at radius 3 is 2.60 bits per heavy atom. The Morgan fingerprint density at radius 2 is 1.91 bits per heavy atom. The van der Waals surface area contributed by atoms with Crippen molar-refractivity contribution in [3.05, 3.63) is 75.7 Å². The largest absolute Gasteiger partial charge is 0.868 e. The lowest BCUT2D eigenvalue weighted by molar-refractivity contribution is -0.896. The molecule has 0 aliphatic carbocycles. The van der Waals surface area contributed by atoms with Crippen molar-refractivity contribution in [3.8, 4) is 5.75 Å². The smallest absolute Gasteiger partial charge is 0.239 e. The molecule has 1 amide bonds. The normalized spacial score (nSPS) is 16.1. The van der Waals surface area contributed by atoms with E-state index in [9.17, 15) is 14.7 Å². The maximum atomic E-state index is 13.7. The lowest BCUT2D eigenvalue weighted by Crippen LogP contribution is -3.11. The zero-order chi connectivity index (χ0) is 25.1. The zero-order valence-corrected chi connectivity index (χ0v) is 21.7. The van der Waals surface area contributed by atoms with Gasteiger partial charge in [0.05, 0.1) is 32.8 Å². The number of rotatable bonds is 10. The van der Waals surface area contributed by atoms with Gasteiger partial charge in [-0.1, -0.05) is 40.2 Å². The number of carbonyl (C=O) groups excluding carboxylic acids is 2. The number of nitrogens with zero attached hydrogens (tertiary/aromatic N) is 1. The van der Waals surface area contributed by atoms with E-state index >= 15 is 0 Å². The zero-order valence-electron chi connectivity index (χ0n) is 20.1. The van der Waals surface area contributed by atoms with Gasteiger partial charge in [0.15, 0.2) is 17.1 Å². The van der Waals surface area contributed by atoms with Crippen LogP contribution in [0.15, 0.2) is 68.8 Å². The minimum absolute atomic E-state index is 0.00934. The number of Topliss-reactive ketones (excluding diaryl/α,β-unsaturated/α-hetero) is 1. The summed E-state index contributed by atoms with van der Waals surface area (Å²) in [4.78, 5) is 29.8. The number of fused-ring (bicyclic) bond motifs is 1. The molecule has 2 aromatic carbocycles. The van der Waals surface area contributed by atoms with Crippen molar-refractivity contribution < 1.29 is 28.7 Å². The summed E-state index contributed by atoms with van der Waals surface area (Å²) in [5.74, 6) is -1.51. The predicted molar refractivity (Wildman–Crippen MR) is 134 cm³/mol. The fraction of sp³-hybridized carbons (Fsp3) is 0.333. The summed E-state index contributed by atoms with van der Waals surface area (Å²) >= 11 is 3.47. The second-order valence-electron chi connectivity index (χ2n) is 8.58. The molecule has 0 saturated heterocycles. The monoisotopic (exact) mass is 540 g/mol. The maximum Gasteiger partial charge on any atom is 0.239 e. The highest BCUT2D eigenvalue weighted by Crippen LogP contribution is 2.40. The number of carbonyl (C=O) groups is 2. The molecule has 1 aliphatic heterocycles. The lowest BCUT2D eigenvalue weighted by Gasteiger charge is -2.28. The molecule has 1 aromatic heterocycles. The van der Waals surface area contributed by atoms with Gasteiger partial charge in [-0.15, -0.1) is 0 Å². The highest BCUT2D eigenvalue weighted by Gasteiger charge is 2.40. The molecule has 2 heterocycles. The summed E-state index contributed by atoms with van der Waals surface area (Å²) in [5, 5.41) is 13.9. The summed E-state index contributed by atoms with van der Waals surface area (Å²) in [7, 11) is 1.52. The third-order valence-corrected chi connectivity index (χ3v) is 7.07. The number of para-hydroxylation sites is 1. The van der Waals surface area contributed by atoms with Crippen LogP contribution < -0.4 is 14.7 Å². The first-order valence-electron chi connectivity index (χ1n) is 11.8. The molecule has 1 N–H and O–H groups in total. The lowest BCUT2D eigenvalue weighted by atomic mass is 9.95. The van der Waals surface area contributed by atoms with E-state index in [0.717, 1.165) is 30.5 Å². The van der Waals surface area contributed by atoms with E-state index in [2.05, 4.69) is 29.8 Å². The molecule has 184 valence electrons. The fourth-order valence-corrected chi connectivity index (χ4v) is 5.09. The third-order valence-electron chi connectivity index (χ3n) is 6.57. The minimum atomic E-state index is -0.776. The van der Waals surface area contributed by atoms with E-state index in [1.165, 1.54) is 16.9 Å². The highest BCUT2D eigenvalue weighted by molar-refractivity contribution is 9.10. The molecule has 0 saturated carbocycles. The van der Waals surface area contributed by atoms with E-state index in [0.29, 0.717) is 28.8 Å². The molecule has 1 unspecified atom stereocenters. The van der Waals surface area contributed by atoms with E-state index in [-0.39, 0.29) is 11.3 Å². The first-order chi connectivity index (χ1) is 16.9. The highest BCUT2D eigenvalue weighted by atomic mass is 79.9. The molecule has 0 radical (unpaired) electrons. The van der Waals surface area contributed by atoms with Crippen LogP contribution in [-0.2, 0) is 4.79 Å². The van der Waals surface area contributed by atoms with Gasteiger partial charge in [-0.3, -0.25) is 9.59 Å². The summed E-state index contributed by atoms with van der Waals surface area (Å²) in [6, 6.07) is 13.5. The van der Waals surface area contributed by atoms with Gasteiger partial charge in [0, 0.05) is 28.4 Å². The minimum Gasteiger partial charge on any atom is -0.868 e. The van der Waals surface area contributed by atoms with Crippen molar-refractivity contribution in [1.82, 2.24) is 4.90 Å². The first-order valence-corrected chi connectivity index (χ1v) is 12.6. The van der Waals surface area contributed by atoms with Gasteiger partial charge < -0.3 is 24.1 Å². The number of quaternary nitrogens is 1. The van der Waals surface area contributed by atoms with Gasteiger partial charge in [0.25, 0.3) is 0 Å². The molecule has 4 rings (SSSR count). The number of ether oxygens (including phenoxy) is 1. The topological polar surface area (TPSA) is 87.2 Å². The predicted octanol–water partition coefficient (Wildman–Crippen LogP) is 2.90. The Hall–Kier alpha value is -3.10. The Labute approximate surface area is 213 Å². The summed E-state index contributed by atoms with van der Waals surface area (Å²) in [5.41, 5.74) is 1.04. The Bertz CT molecular complexity index is 1280. The number of ketones is 1. The molecule has 7 nitrogen and oxygen atoms in total. The number of furan rings is 1. The van der Waals surface area contributed by atoms with Crippen LogP contribution >= 0.6 is 15.9 Å². The van der Waals surface area contributed by atoms with Crippen molar-refractivity contribution in [1.29, 1.82) is 0 Å². The van der Waals surface area contributed by atoms with Crippen molar-refractivity contribution >= 4 is 38.6 Å². The molecule has 35 heavy (non-hydrogen) atoms. The molecule has 8 heteroatoms. The van der Waals surface area contributed by atoms with Crippen molar-refractivity contribution in [2.24, 2.45) is 0 Å². The first kappa shape index (κ1) is 25.0. The second kappa shape index (κ2) is 10.7. The molecular weight excluding hydrogens is 512 g/mol. The van der Waals surface area contributed by atoms with E-state index in [1.807, 2.05) is 24.3 Å². The van der Waals surface area contributed by atoms with Crippen molar-refractivity contribution in [2.75, 3.05) is 33.3 Å². The van der Waals surface area contributed by atoms with Gasteiger partial charge in [0.2, 0.25) is 11.7 Å². The van der Waals surface area contributed by atoms with Gasteiger partial charge in [0.1, 0.15) is 0 Å². The van der Waals surface area contributed by atoms with Crippen LogP contribution in [0.5, 0.6) is 5.75 Å². The molecule has 0 bridgehead atoms. The van der Waals surface area contributed by atoms with Crippen LogP contribution in [0.25, 0.3) is 11.0 Å². The van der Waals surface area contributed by atoms with Gasteiger partial charge >= 0.3 is 0 Å². The Balaban J connectivity index is 1.72. The van der Waals surface area contributed by atoms with Crippen LogP contribution in [0.4, 0.5) is 0 Å². The van der Waals surface area contributed by atoms with Crippen LogP contribution in [0.3, 0.4) is 0 Å². The van der Waals surface area contributed by atoms with Crippen LogP contribution in [0.2, 0.25) is 0 Å². The van der Waals surface area contributed by atoms with Crippen molar-refractivity contribution in [3.63, 3.8) is 0 Å². The number of amides is 1. The number of methoxy groups -OCH3 is 1. The SMILES string of the molecule is CC[NH+](CC)CCCN1C(=O)C([O-])=C(C(=O)c2cc3cccc(OC)c3o2)C1c1cccc(Br)c1. The van der Waals surface area contributed by atoms with E-state index in [4.69, 9.17) is 9.15 Å². The third kappa shape index (κ3) is 4.86. The fourth-order valence-electron chi connectivity index (χ4n) is 4.67. The molecule has 0 fully saturated rings. The standard InChI is InChI=1S/C27H29BrN2O5/c1-4-29(5-2)13-8-14-30-23(17-9-6-11-19(28)15-17)22(25(32)27(30)33)24(31)21-16-18-10-7-12-20(34-3)26(18)35-21/h6-7,9-12,15-16,23,32H,4-5,8,13-14H2,1-3H3. The van der Waals surface area contributed by atoms with Crippen molar-refractivity contribution in [2.45, 2.75) is 26.3 Å². The maximum absolute atomic E-state index is 13.7. The average molecular weight is 541 g/mol. The van der Waals surface area contributed by atoms with E-state index < -0.39 is 23.5 Å². The number of nitrogens with one attached hydrogen (secondary N) is 1.